The molecule has 1 aromatic carbocycles. The number of thioether (sulfide) groups is 1. The highest BCUT2D eigenvalue weighted by molar-refractivity contribution is 7.98. The molecule has 1 amide bonds. The monoisotopic (exact) mass is 344 g/mol. The molecule has 1 fully saturated rings. The molecule has 1 aromatic heterocycles. The summed E-state index contributed by atoms with van der Waals surface area (Å²) < 4.78 is 2.00. The number of aromatic nitrogens is 2. The lowest BCUT2D eigenvalue weighted by atomic mass is 10.1. The number of amides is 1. The second kappa shape index (κ2) is 7.85. The van der Waals surface area contributed by atoms with E-state index in [1.165, 1.54) is 6.42 Å². The maximum atomic E-state index is 12.4. The van der Waals surface area contributed by atoms with E-state index in [4.69, 9.17) is 0 Å². The molecule has 0 spiro atoms. The first-order chi connectivity index (χ1) is 11.6. The second-order valence-corrected chi connectivity index (χ2v) is 7.24. The first-order valence-electron chi connectivity index (χ1n) is 8.31. The lowest BCUT2D eigenvalue weighted by molar-refractivity contribution is 0.0943. The Morgan fingerprint density at radius 1 is 1.42 bits per heavy atom. The van der Waals surface area contributed by atoms with E-state index in [2.05, 4.69) is 28.3 Å². The summed E-state index contributed by atoms with van der Waals surface area (Å²) in [7, 11) is 4.11. The Kier molecular flexibility index (Phi) is 5.58. The van der Waals surface area contributed by atoms with Crippen LogP contribution in [0.15, 0.2) is 41.8 Å². The SMILES string of the molecule is CN1CCCC1CNC(=O)c1cccc(CSc2nccn2C)c1. The fourth-order valence-electron chi connectivity index (χ4n) is 2.99. The number of nitrogens with one attached hydrogen (secondary N) is 1. The topological polar surface area (TPSA) is 50.2 Å². The second-order valence-electron chi connectivity index (χ2n) is 6.30. The van der Waals surface area contributed by atoms with E-state index in [0.29, 0.717) is 6.04 Å². The van der Waals surface area contributed by atoms with Crippen LogP contribution >= 0.6 is 11.8 Å². The number of likely N-dealkylation sites (tertiary alicyclic amines) is 1. The van der Waals surface area contributed by atoms with E-state index in [9.17, 15) is 4.79 Å². The van der Waals surface area contributed by atoms with Crippen molar-refractivity contribution in [3.63, 3.8) is 0 Å². The van der Waals surface area contributed by atoms with Crippen LogP contribution in [0.3, 0.4) is 0 Å². The Morgan fingerprint density at radius 3 is 3.00 bits per heavy atom. The van der Waals surface area contributed by atoms with Gasteiger partial charge in [0.2, 0.25) is 0 Å². The van der Waals surface area contributed by atoms with Gasteiger partial charge >= 0.3 is 0 Å². The smallest absolute Gasteiger partial charge is 0.251 e. The number of likely N-dealkylation sites (N-methyl/N-ethyl adjacent to an activating group) is 1. The number of carbonyl (C=O) groups excluding carboxylic acids is 1. The van der Waals surface area contributed by atoms with Gasteiger partial charge in [-0.3, -0.25) is 4.79 Å². The van der Waals surface area contributed by atoms with Crippen molar-refractivity contribution in [2.45, 2.75) is 29.8 Å². The average Bonchev–Trinajstić information content (AvgIpc) is 3.19. The van der Waals surface area contributed by atoms with Gasteiger partial charge in [0.15, 0.2) is 5.16 Å². The van der Waals surface area contributed by atoms with Gasteiger partial charge in [-0.1, -0.05) is 23.9 Å². The first kappa shape index (κ1) is 17.0. The molecular weight excluding hydrogens is 320 g/mol. The molecule has 0 aliphatic carbocycles. The summed E-state index contributed by atoms with van der Waals surface area (Å²) in [6.45, 7) is 1.85. The van der Waals surface area contributed by atoms with Crippen molar-refractivity contribution in [3.8, 4) is 0 Å². The number of carbonyl (C=O) groups is 1. The van der Waals surface area contributed by atoms with Gasteiger partial charge < -0.3 is 14.8 Å². The van der Waals surface area contributed by atoms with Gasteiger partial charge in [0.25, 0.3) is 5.91 Å². The predicted octanol–water partition coefficient (Wildman–Crippen LogP) is 2.54. The highest BCUT2D eigenvalue weighted by Crippen LogP contribution is 2.21. The zero-order valence-corrected chi connectivity index (χ0v) is 15.1. The highest BCUT2D eigenvalue weighted by Gasteiger charge is 2.21. The summed E-state index contributed by atoms with van der Waals surface area (Å²) in [5.74, 6) is 0.816. The van der Waals surface area contributed by atoms with Crippen molar-refractivity contribution in [1.82, 2.24) is 19.8 Å². The fourth-order valence-corrected chi connectivity index (χ4v) is 3.87. The van der Waals surface area contributed by atoms with Crippen LogP contribution in [0.2, 0.25) is 0 Å². The number of hydrogen-bond acceptors (Lipinski definition) is 4. The van der Waals surface area contributed by atoms with Crippen LogP contribution < -0.4 is 5.32 Å². The normalized spacial score (nSPS) is 18.0. The van der Waals surface area contributed by atoms with Crippen molar-refractivity contribution in [1.29, 1.82) is 0 Å². The number of hydrogen-bond donors (Lipinski definition) is 1. The molecule has 0 radical (unpaired) electrons. The molecule has 128 valence electrons. The third-order valence-corrected chi connectivity index (χ3v) is 5.63. The Morgan fingerprint density at radius 2 is 2.29 bits per heavy atom. The molecule has 1 aliphatic heterocycles. The van der Waals surface area contributed by atoms with E-state index in [0.717, 1.165) is 41.5 Å². The lowest BCUT2D eigenvalue weighted by Gasteiger charge is -2.19. The summed E-state index contributed by atoms with van der Waals surface area (Å²) in [6, 6.07) is 8.32. The average molecular weight is 344 g/mol. The van der Waals surface area contributed by atoms with E-state index in [-0.39, 0.29) is 5.91 Å². The van der Waals surface area contributed by atoms with Crippen LogP contribution in [-0.4, -0.2) is 46.5 Å². The highest BCUT2D eigenvalue weighted by atomic mass is 32.2. The lowest BCUT2D eigenvalue weighted by Crippen LogP contribution is -2.38. The molecule has 0 bridgehead atoms. The van der Waals surface area contributed by atoms with Gasteiger partial charge in [0.1, 0.15) is 0 Å². The van der Waals surface area contributed by atoms with Crippen molar-refractivity contribution in [2.24, 2.45) is 7.05 Å². The van der Waals surface area contributed by atoms with Crippen molar-refractivity contribution in [3.05, 3.63) is 47.8 Å². The number of rotatable bonds is 6. The van der Waals surface area contributed by atoms with E-state index in [1.54, 1.807) is 18.0 Å². The molecule has 24 heavy (non-hydrogen) atoms. The summed E-state index contributed by atoms with van der Waals surface area (Å²) >= 11 is 1.67. The van der Waals surface area contributed by atoms with Crippen LogP contribution in [0.5, 0.6) is 0 Å². The maximum Gasteiger partial charge on any atom is 0.251 e. The van der Waals surface area contributed by atoms with Gasteiger partial charge in [-0.2, -0.15) is 0 Å². The summed E-state index contributed by atoms with van der Waals surface area (Å²) in [5.41, 5.74) is 1.86. The minimum absolute atomic E-state index is 0.0131. The third-order valence-electron chi connectivity index (χ3n) is 4.50. The van der Waals surface area contributed by atoms with Crippen LogP contribution in [0.1, 0.15) is 28.8 Å². The molecule has 6 heteroatoms. The number of nitrogens with zero attached hydrogens (tertiary/aromatic N) is 3. The number of imidazole rings is 1. The van der Waals surface area contributed by atoms with Crippen molar-refractivity contribution in [2.75, 3.05) is 20.1 Å². The Hall–Kier alpha value is -1.79. The predicted molar refractivity (Wildman–Crippen MR) is 97.2 cm³/mol. The van der Waals surface area contributed by atoms with Gasteiger partial charge in [-0.15, -0.1) is 0 Å². The molecule has 1 saturated heterocycles. The minimum Gasteiger partial charge on any atom is -0.350 e. The molecule has 2 heterocycles. The Labute approximate surface area is 147 Å². The van der Waals surface area contributed by atoms with Crippen LogP contribution in [0, 0.1) is 0 Å². The number of aryl methyl sites for hydroxylation is 1. The summed E-state index contributed by atoms with van der Waals surface area (Å²) in [6.07, 6.45) is 6.12. The number of benzene rings is 1. The molecule has 2 aromatic rings. The molecule has 1 atom stereocenters. The largest absolute Gasteiger partial charge is 0.350 e. The fraction of sp³-hybridized carbons (Fsp3) is 0.444. The third kappa shape index (κ3) is 4.19. The van der Waals surface area contributed by atoms with Crippen molar-refractivity contribution >= 4 is 17.7 Å². The summed E-state index contributed by atoms with van der Waals surface area (Å²) in [4.78, 5) is 19.0. The molecular formula is C18H24N4OS. The van der Waals surface area contributed by atoms with Gasteiger partial charge in [-0.05, 0) is 44.1 Å². The zero-order valence-electron chi connectivity index (χ0n) is 14.2. The summed E-state index contributed by atoms with van der Waals surface area (Å²) in [5, 5.41) is 4.05. The molecule has 1 aliphatic rings. The zero-order chi connectivity index (χ0) is 16.9. The quantitative estimate of drug-likeness (QED) is 0.818. The molecule has 1 N–H and O–H groups in total. The van der Waals surface area contributed by atoms with Crippen LogP contribution in [0.4, 0.5) is 0 Å². The van der Waals surface area contributed by atoms with E-state index < -0.39 is 0 Å². The standard InChI is InChI=1S/C18H24N4OS/c1-21-9-4-7-16(21)12-20-17(23)15-6-3-5-14(11-15)13-24-18-19-8-10-22(18)2/h3,5-6,8,10-11,16H,4,7,9,12-13H2,1-2H3,(H,20,23). The van der Waals surface area contributed by atoms with Crippen LogP contribution in [-0.2, 0) is 12.8 Å². The van der Waals surface area contributed by atoms with E-state index in [1.807, 2.05) is 36.0 Å². The Bertz CT molecular complexity index is 700. The van der Waals surface area contributed by atoms with Gasteiger partial charge in [-0.25, -0.2) is 4.98 Å². The molecule has 0 saturated carbocycles. The minimum atomic E-state index is 0.0131. The van der Waals surface area contributed by atoms with Gasteiger partial charge in [0, 0.05) is 43.3 Å². The maximum absolute atomic E-state index is 12.4. The molecule has 1 unspecified atom stereocenters. The first-order valence-corrected chi connectivity index (χ1v) is 9.29. The molecule has 5 nitrogen and oxygen atoms in total. The van der Waals surface area contributed by atoms with Crippen LogP contribution in [0.25, 0.3) is 0 Å². The Balaban J connectivity index is 1.55. The molecule has 3 rings (SSSR count). The van der Waals surface area contributed by atoms with E-state index >= 15 is 0 Å². The van der Waals surface area contributed by atoms with Crippen molar-refractivity contribution < 1.29 is 4.79 Å². The van der Waals surface area contributed by atoms with Gasteiger partial charge in [0.05, 0.1) is 0 Å².